The Balaban J connectivity index is 1.36. The van der Waals surface area contributed by atoms with E-state index in [1.54, 1.807) is 6.07 Å². The number of aromatic nitrogens is 2. The Labute approximate surface area is 164 Å². The lowest BCUT2D eigenvalue weighted by Crippen LogP contribution is -2.47. The minimum atomic E-state index is -0.220. The Morgan fingerprint density at radius 2 is 1.64 bits per heavy atom. The molecule has 0 unspecified atom stereocenters. The van der Waals surface area contributed by atoms with Crippen molar-refractivity contribution < 1.29 is 9.18 Å². The van der Waals surface area contributed by atoms with Crippen molar-refractivity contribution in [3.63, 3.8) is 0 Å². The molecular formula is C21H26FN5O. The average Bonchev–Trinajstić information content (AvgIpc) is 2.75. The third-order valence-electron chi connectivity index (χ3n) is 5.62. The summed E-state index contributed by atoms with van der Waals surface area (Å²) >= 11 is 0. The number of hydrogen-bond donors (Lipinski definition) is 1. The summed E-state index contributed by atoms with van der Waals surface area (Å²) in [5, 5.41) is 3.11. The fourth-order valence-corrected chi connectivity index (χ4v) is 4.00. The lowest BCUT2D eigenvalue weighted by atomic mass is 9.95. The van der Waals surface area contributed by atoms with E-state index in [-0.39, 0.29) is 17.8 Å². The molecule has 148 valence electrons. The van der Waals surface area contributed by atoms with Gasteiger partial charge in [-0.15, -0.1) is 0 Å². The number of halogens is 1. The summed E-state index contributed by atoms with van der Waals surface area (Å²) in [5.41, 5.74) is 1.45. The molecule has 28 heavy (non-hydrogen) atoms. The molecule has 1 N–H and O–H groups in total. The zero-order chi connectivity index (χ0) is 19.3. The Morgan fingerprint density at radius 3 is 2.36 bits per heavy atom. The van der Waals surface area contributed by atoms with Crippen LogP contribution >= 0.6 is 0 Å². The summed E-state index contributed by atoms with van der Waals surface area (Å²) in [7, 11) is 0. The van der Waals surface area contributed by atoms with E-state index in [0.717, 1.165) is 50.5 Å². The van der Waals surface area contributed by atoms with Gasteiger partial charge in [0.2, 0.25) is 0 Å². The summed E-state index contributed by atoms with van der Waals surface area (Å²) in [6, 6.07) is 8.64. The van der Waals surface area contributed by atoms with Crippen molar-refractivity contribution in [3.05, 3.63) is 48.2 Å². The van der Waals surface area contributed by atoms with Crippen LogP contribution in [0.15, 0.2) is 36.7 Å². The number of piperazine rings is 1. The zero-order valence-electron chi connectivity index (χ0n) is 16.0. The van der Waals surface area contributed by atoms with Crippen LogP contribution in [0, 0.1) is 5.82 Å². The lowest BCUT2D eigenvalue weighted by molar-refractivity contribution is 0.0922. The molecule has 0 spiro atoms. The number of benzene rings is 1. The molecule has 1 aliphatic carbocycles. The first kappa shape index (κ1) is 18.7. The van der Waals surface area contributed by atoms with Gasteiger partial charge in [-0.25, -0.2) is 14.4 Å². The van der Waals surface area contributed by atoms with Crippen LogP contribution in [0.5, 0.6) is 0 Å². The maximum absolute atomic E-state index is 13.1. The Hall–Kier alpha value is -2.70. The van der Waals surface area contributed by atoms with Crippen molar-refractivity contribution in [2.75, 3.05) is 36.0 Å². The van der Waals surface area contributed by atoms with Crippen LogP contribution in [0.2, 0.25) is 0 Å². The van der Waals surface area contributed by atoms with Gasteiger partial charge in [-0.05, 0) is 37.1 Å². The van der Waals surface area contributed by atoms with E-state index in [1.807, 2.05) is 12.1 Å². The predicted molar refractivity (Wildman–Crippen MR) is 107 cm³/mol. The van der Waals surface area contributed by atoms with E-state index in [0.29, 0.717) is 5.69 Å². The van der Waals surface area contributed by atoms with Crippen molar-refractivity contribution in [3.8, 4) is 0 Å². The highest BCUT2D eigenvalue weighted by Crippen LogP contribution is 2.21. The van der Waals surface area contributed by atoms with Gasteiger partial charge in [0.1, 0.15) is 23.7 Å². The van der Waals surface area contributed by atoms with E-state index in [1.165, 1.54) is 37.7 Å². The number of hydrogen-bond acceptors (Lipinski definition) is 5. The zero-order valence-corrected chi connectivity index (χ0v) is 16.0. The number of nitrogens with zero attached hydrogens (tertiary/aromatic N) is 4. The molecule has 0 atom stereocenters. The maximum atomic E-state index is 13.1. The molecule has 1 aromatic carbocycles. The smallest absolute Gasteiger partial charge is 0.270 e. The molecule has 0 bridgehead atoms. The fraction of sp³-hybridized carbons (Fsp3) is 0.476. The maximum Gasteiger partial charge on any atom is 0.270 e. The topological polar surface area (TPSA) is 61.4 Å². The Bertz CT molecular complexity index is 799. The van der Waals surface area contributed by atoms with E-state index in [4.69, 9.17) is 0 Å². The summed E-state index contributed by atoms with van der Waals surface area (Å²) in [5.74, 6) is 0.449. The molecule has 1 saturated carbocycles. The molecule has 6 nitrogen and oxygen atoms in total. The van der Waals surface area contributed by atoms with E-state index in [2.05, 4.69) is 25.1 Å². The highest BCUT2D eigenvalue weighted by molar-refractivity contribution is 5.93. The molecule has 1 saturated heterocycles. The standard InChI is InChI=1S/C21H26FN5O/c22-16-6-8-18(9-7-16)26-10-12-27(13-11-26)20-14-19(23-15-24-20)21(28)25-17-4-2-1-3-5-17/h6-9,14-15,17H,1-5,10-13H2,(H,25,28). The number of nitrogens with one attached hydrogen (secondary N) is 1. The predicted octanol–water partition coefficient (Wildman–Crippen LogP) is 3.00. The van der Waals surface area contributed by atoms with Gasteiger partial charge in [0.05, 0.1) is 0 Å². The first-order valence-corrected chi connectivity index (χ1v) is 10.1. The van der Waals surface area contributed by atoms with Gasteiger partial charge in [-0.2, -0.15) is 0 Å². The summed E-state index contributed by atoms with van der Waals surface area (Å²) in [6.07, 6.45) is 7.19. The van der Waals surface area contributed by atoms with Gasteiger partial charge in [-0.1, -0.05) is 19.3 Å². The van der Waals surface area contributed by atoms with Crippen molar-refractivity contribution in [2.45, 2.75) is 38.1 Å². The minimum Gasteiger partial charge on any atom is -0.368 e. The lowest BCUT2D eigenvalue weighted by Gasteiger charge is -2.36. The number of carbonyl (C=O) groups is 1. The van der Waals surface area contributed by atoms with Crippen LogP contribution in [0.3, 0.4) is 0 Å². The van der Waals surface area contributed by atoms with Crippen LogP contribution in [0.25, 0.3) is 0 Å². The van der Waals surface area contributed by atoms with E-state index in [9.17, 15) is 9.18 Å². The monoisotopic (exact) mass is 383 g/mol. The van der Waals surface area contributed by atoms with Gasteiger partial charge in [0.25, 0.3) is 5.91 Å². The quantitative estimate of drug-likeness (QED) is 0.879. The van der Waals surface area contributed by atoms with Crippen LogP contribution in [0.4, 0.5) is 15.9 Å². The summed E-state index contributed by atoms with van der Waals surface area (Å²) in [4.78, 5) is 25.5. The highest BCUT2D eigenvalue weighted by Gasteiger charge is 2.21. The van der Waals surface area contributed by atoms with Gasteiger partial charge >= 0.3 is 0 Å². The van der Waals surface area contributed by atoms with Crippen molar-refractivity contribution in [1.82, 2.24) is 15.3 Å². The Morgan fingerprint density at radius 1 is 0.964 bits per heavy atom. The van der Waals surface area contributed by atoms with Crippen molar-refractivity contribution >= 4 is 17.4 Å². The second kappa shape index (κ2) is 8.54. The van der Waals surface area contributed by atoms with Crippen LogP contribution in [-0.2, 0) is 0 Å². The van der Waals surface area contributed by atoms with Crippen LogP contribution in [-0.4, -0.2) is 48.1 Å². The molecule has 2 heterocycles. The number of anilines is 2. The molecule has 4 rings (SSSR count). The van der Waals surface area contributed by atoms with Gasteiger partial charge in [0, 0.05) is 44.0 Å². The summed E-state index contributed by atoms with van der Waals surface area (Å²) in [6.45, 7) is 3.22. The van der Waals surface area contributed by atoms with Gasteiger partial charge < -0.3 is 15.1 Å². The number of amides is 1. The van der Waals surface area contributed by atoms with Crippen LogP contribution < -0.4 is 15.1 Å². The Kier molecular flexibility index (Phi) is 5.69. The van der Waals surface area contributed by atoms with Gasteiger partial charge in [0.15, 0.2) is 0 Å². The second-order valence-electron chi connectivity index (χ2n) is 7.52. The third kappa shape index (κ3) is 4.40. The van der Waals surface area contributed by atoms with Crippen LogP contribution in [0.1, 0.15) is 42.6 Å². The first-order valence-electron chi connectivity index (χ1n) is 10.1. The molecule has 2 aliphatic rings. The summed E-state index contributed by atoms with van der Waals surface area (Å²) < 4.78 is 13.1. The van der Waals surface area contributed by atoms with Gasteiger partial charge in [-0.3, -0.25) is 4.79 Å². The third-order valence-corrected chi connectivity index (χ3v) is 5.62. The normalized spacial score (nSPS) is 18.2. The SMILES string of the molecule is O=C(NC1CCCCC1)c1cc(N2CCN(c3ccc(F)cc3)CC2)ncn1. The number of rotatable bonds is 4. The molecule has 2 fully saturated rings. The van der Waals surface area contributed by atoms with E-state index < -0.39 is 0 Å². The molecule has 1 aromatic heterocycles. The number of carbonyl (C=O) groups excluding carboxylic acids is 1. The fourth-order valence-electron chi connectivity index (χ4n) is 4.00. The molecule has 1 amide bonds. The molecule has 1 aliphatic heterocycles. The van der Waals surface area contributed by atoms with E-state index >= 15 is 0 Å². The second-order valence-corrected chi connectivity index (χ2v) is 7.52. The molecule has 2 aromatic rings. The highest BCUT2D eigenvalue weighted by atomic mass is 19.1. The molecule has 7 heteroatoms. The minimum absolute atomic E-state index is 0.111. The largest absolute Gasteiger partial charge is 0.368 e. The van der Waals surface area contributed by atoms with Crippen molar-refractivity contribution in [1.29, 1.82) is 0 Å². The molecular weight excluding hydrogens is 357 g/mol. The first-order chi connectivity index (χ1) is 13.7. The van der Waals surface area contributed by atoms with Crippen molar-refractivity contribution in [2.24, 2.45) is 0 Å². The molecule has 0 radical (unpaired) electrons. The average molecular weight is 383 g/mol.